The van der Waals surface area contributed by atoms with Gasteiger partial charge in [0.2, 0.25) is 5.89 Å². The van der Waals surface area contributed by atoms with Crippen molar-refractivity contribution in [2.45, 2.75) is 25.8 Å². The number of nitrogens with one attached hydrogen (secondary N) is 1. The number of carbonyl (C=O) groups is 2. The number of hydrogen-bond donors (Lipinski definition) is 2. The van der Waals surface area contributed by atoms with Gasteiger partial charge in [-0.1, -0.05) is 35.5 Å². The van der Waals surface area contributed by atoms with Gasteiger partial charge >= 0.3 is 5.97 Å². The molecule has 0 saturated heterocycles. The first kappa shape index (κ1) is 14.7. The largest absolute Gasteiger partial charge is 0.480 e. The fraction of sp³-hybridized carbons (Fsp3) is 0.286. The smallest absolute Gasteiger partial charge is 0.326 e. The van der Waals surface area contributed by atoms with Crippen molar-refractivity contribution in [1.29, 1.82) is 0 Å². The van der Waals surface area contributed by atoms with Crippen LogP contribution >= 0.6 is 0 Å². The van der Waals surface area contributed by atoms with E-state index < -0.39 is 17.9 Å². The van der Waals surface area contributed by atoms with Crippen molar-refractivity contribution in [3.8, 4) is 0 Å². The molecule has 0 saturated carbocycles. The van der Waals surface area contributed by atoms with Crippen LogP contribution in [0.1, 0.15) is 28.5 Å². The van der Waals surface area contributed by atoms with Crippen molar-refractivity contribution >= 4 is 11.9 Å². The van der Waals surface area contributed by atoms with Crippen LogP contribution < -0.4 is 5.32 Å². The highest BCUT2D eigenvalue weighted by molar-refractivity contribution is 5.93. The first-order valence-corrected chi connectivity index (χ1v) is 6.44. The number of carbonyl (C=O) groups excluding carboxylic acids is 1. The maximum atomic E-state index is 11.8. The zero-order valence-corrected chi connectivity index (χ0v) is 11.4. The minimum absolute atomic E-state index is 0.168. The van der Waals surface area contributed by atoms with E-state index in [1.807, 2.05) is 30.3 Å². The summed E-state index contributed by atoms with van der Waals surface area (Å²) in [4.78, 5) is 26.8. The second kappa shape index (κ2) is 6.65. The third-order valence-electron chi connectivity index (χ3n) is 2.90. The topological polar surface area (TPSA) is 105 Å². The van der Waals surface area contributed by atoms with E-state index in [0.29, 0.717) is 6.42 Å². The van der Waals surface area contributed by atoms with Crippen molar-refractivity contribution in [3.05, 3.63) is 47.6 Å². The lowest BCUT2D eigenvalue weighted by Gasteiger charge is -2.13. The van der Waals surface area contributed by atoms with Gasteiger partial charge in [0.25, 0.3) is 11.7 Å². The number of carboxylic acid groups (broad SMARTS) is 1. The van der Waals surface area contributed by atoms with Crippen LogP contribution in [0.15, 0.2) is 34.9 Å². The van der Waals surface area contributed by atoms with Crippen LogP contribution in [-0.4, -0.2) is 33.2 Å². The predicted molar refractivity (Wildman–Crippen MR) is 72.7 cm³/mol. The molecule has 1 unspecified atom stereocenters. The van der Waals surface area contributed by atoms with Gasteiger partial charge in [-0.3, -0.25) is 4.79 Å². The molecule has 7 nitrogen and oxygen atoms in total. The quantitative estimate of drug-likeness (QED) is 0.827. The average Bonchev–Trinajstić information content (AvgIpc) is 2.90. The molecule has 21 heavy (non-hydrogen) atoms. The molecule has 110 valence electrons. The summed E-state index contributed by atoms with van der Waals surface area (Å²) in [5.74, 6) is -1.68. The van der Waals surface area contributed by atoms with E-state index in [2.05, 4.69) is 20.0 Å². The number of hydrogen-bond acceptors (Lipinski definition) is 5. The van der Waals surface area contributed by atoms with Gasteiger partial charge in [0, 0.05) is 6.92 Å². The number of aryl methyl sites for hydroxylation is 2. The number of aliphatic carboxylic acids is 1. The molecule has 0 aliphatic heterocycles. The highest BCUT2D eigenvalue weighted by Gasteiger charge is 2.23. The van der Waals surface area contributed by atoms with Gasteiger partial charge in [0.05, 0.1) is 0 Å². The predicted octanol–water partition coefficient (Wildman–Crippen LogP) is 1.19. The lowest BCUT2D eigenvalue weighted by molar-refractivity contribution is -0.139. The van der Waals surface area contributed by atoms with Crippen LogP contribution in [-0.2, 0) is 11.2 Å². The summed E-state index contributed by atoms with van der Waals surface area (Å²) in [6.07, 6.45) is 0.825. The standard InChI is InChI=1S/C14H15N3O4/c1-9-15-12(17-21-9)13(18)16-11(14(19)20)8-7-10-5-3-2-4-6-10/h2-6,11H,7-8H2,1H3,(H,16,18)(H,19,20). The zero-order valence-electron chi connectivity index (χ0n) is 11.4. The van der Waals surface area contributed by atoms with E-state index in [9.17, 15) is 14.7 Å². The van der Waals surface area contributed by atoms with Crippen molar-refractivity contribution in [2.24, 2.45) is 0 Å². The third kappa shape index (κ3) is 4.13. The minimum atomic E-state index is -1.10. The monoisotopic (exact) mass is 289 g/mol. The Bertz CT molecular complexity index is 624. The van der Waals surface area contributed by atoms with E-state index in [0.717, 1.165) is 5.56 Å². The lowest BCUT2D eigenvalue weighted by Crippen LogP contribution is -2.41. The molecule has 2 rings (SSSR count). The molecule has 0 fully saturated rings. The fourth-order valence-electron chi connectivity index (χ4n) is 1.83. The minimum Gasteiger partial charge on any atom is -0.480 e. The van der Waals surface area contributed by atoms with Crippen LogP contribution in [0.2, 0.25) is 0 Å². The first-order chi connectivity index (χ1) is 10.1. The number of nitrogens with zero attached hydrogens (tertiary/aromatic N) is 2. The summed E-state index contributed by atoms with van der Waals surface area (Å²) in [7, 11) is 0. The Labute approximate surface area is 121 Å². The zero-order chi connectivity index (χ0) is 15.2. The van der Waals surface area contributed by atoms with E-state index >= 15 is 0 Å². The van der Waals surface area contributed by atoms with E-state index in [-0.39, 0.29) is 18.1 Å². The molecule has 1 atom stereocenters. The Hall–Kier alpha value is -2.70. The number of rotatable bonds is 6. The molecule has 0 spiro atoms. The molecule has 1 heterocycles. The Balaban J connectivity index is 1.96. The van der Waals surface area contributed by atoms with E-state index in [4.69, 9.17) is 0 Å². The van der Waals surface area contributed by atoms with Gasteiger partial charge in [-0.05, 0) is 18.4 Å². The summed E-state index contributed by atoms with van der Waals surface area (Å²) in [6, 6.07) is 8.46. The average molecular weight is 289 g/mol. The highest BCUT2D eigenvalue weighted by atomic mass is 16.5. The Kier molecular flexibility index (Phi) is 4.65. The van der Waals surface area contributed by atoms with Gasteiger partial charge in [0.1, 0.15) is 6.04 Å². The Morgan fingerprint density at radius 1 is 1.33 bits per heavy atom. The molecular weight excluding hydrogens is 274 g/mol. The van der Waals surface area contributed by atoms with Gasteiger partial charge in [-0.2, -0.15) is 4.98 Å². The second-order valence-electron chi connectivity index (χ2n) is 4.53. The van der Waals surface area contributed by atoms with E-state index in [1.54, 1.807) is 6.92 Å². The Morgan fingerprint density at radius 3 is 2.62 bits per heavy atom. The molecule has 1 aromatic heterocycles. The highest BCUT2D eigenvalue weighted by Crippen LogP contribution is 2.06. The summed E-state index contributed by atoms with van der Waals surface area (Å²) in [6.45, 7) is 1.55. The molecule has 1 amide bonds. The maximum absolute atomic E-state index is 11.8. The first-order valence-electron chi connectivity index (χ1n) is 6.44. The number of aromatic nitrogens is 2. The van der Waals surface area contributed by atoms with Crippen LogP contribution in [0.5, 0.6) is 0 Å². The van der Waals surface area contributed by atoms with Gasteiger partial charge in [0.15, 0.2) is 0 Å². The van der Waals surface area contributed by atoms with Crippen molar-refractivity contribution < 1.29 is 19.2 Å². The molecule has 0 radical (unpaired) electrons. The molecule has 2 N–H and O–H groups in total. The normalized spacial score (nSPS) is 11.9. The number of amides is 1. The molecule has 7 heteroatoms. The summed E-state index contributed by atoms with van der Waals surface area (Å²) in [5.41, 5.74) is 1.01. The Morgan fingerprint density at radius 2 is 2.05 bits per heavy atom. The lowest BCUT2D eigenvalue weighted by atomic mass is 10.1. The van der Waals surface area contributed by atoms with Gasteiger partial charge in [-0.25, -0.2) is 4.79 Å². The van der Waals surface area contributed by atoms with Crippen molar-refractivity contribution in [2.75, 3.05) is 0 Å². The summed E-state index contributed by atoms with van der Waals surface area (Å²) in [5, 5.41) is 15.0. The molecular formula is C14H15N3O4. The fourth-order valence-corrected chi connectivity index (χ4v) is 1.83. The summed E-state index contributed by atoms with van der Waals surface area (Å²) < 4.78 is 4.69. The van der Waals surface area contributed by atoms with Gasteiger partial charge in [-0.15, -0.1) is 0 Å². The van der Waals surface area contributed by atoms with Crippen LogP contribution in [0, 0.1) is 6.92 Å². The number of carboxylic acids is 1. The molecule has 0 aliphatic rings. The third-order valence-corrected chi connectivity index (χ3v) is 2.90. The molecule has 1 aromatic carbocycles. The molecule has 2 aromatic rings. The second-order valence-corrected chi connectivity index (χ2v) is 4.53. The van der Waals surface area contributed by atoms with Crippen molar-refractivity contribution in [3.63, 3.8) is 0 Å². The SMILES string of the molecule is Cc1nc(C(=O)NC(CCc2ccccc2)C(=O)O)no1. The van der Waals surface area contributed by atoms with Crippen LogP contribution in [0.25, 0.3) is 0 Å². The van der Waals surface area contributed by atoms with Crippen LogP contribution in [0.4, 0.5) is 0 Å². The molecule has 0 bridgehead atoms. The van der Waals surface area contributed by atoms with E-state index in [1.165, 1.54) is 0 Å². The van der Waals surface area contributed by atoms with Gasteiger partial charge < -0.3 is 14.9 Å². The number of benzene rings is 1. The van der Waals surface area contributed by atoms with Crippen LogP contribution in [0.3, 0.4) is 0 Å². The molecule has 0 aliphatic carbocycles. The maximum Gasteiger partial charge on any atom is 0.326 e. The van der Waals surface area contributed by atoms with Crippen molar-refractivity contribution in [1.82, 2.24) is 15.5 Å². The summed E-state index contributed by atoms with van der Waals surface area (Å²) >= 11 is 0.